The van der Waals surface area contributed by atoms with Crippen LogP contribution >= 0.6 is 11.8 Å². The van der Waals surface area contributed by atoms with Crippen LogP contribution in [0.3, 0.4) is 0 Å². The van der Waals surface area contributed by atoms with Crippen molar-refractivity contribution in [3.63, 3.8) is 0 Å². The molecule has 3 rings (SSSR count). The van der Waals surface area contributed by atoms with Crippen LogP contribution in [-0.2, 0) is 0 Å². The maximum absolute atomic E-state index is 12.5. The van der Waals surface area contributed by atoms with Crippen molar-refractivity contribution in [1.29, 1.82) is 0 Å². The lowest BCUT2D eigenvalue weighted by molar-refractivity contribution is 0.618. The van der Waals surface area contributed by atoms with Crippen molar-refractivity contribution in [1.82, 2.24) is 9.55 Å². The molecular weight excluding hydrogens is 232 g/mol. The van der Waals surface area contributed by atoms with E-state index in [0.29, 0.717) is 6.04 Å². The average molecular weight is 246 g/mol. The number of rotatable bonds is 2. The molecule has 3 nitrogen and oxygen atoms in total. The summed E-state index contributed by atoms with van der Waals surface area (Å²) < 4.78 is 1.88. The van der Waals surface area contributed by atoms with E-state index in [1.807, 2.05) is 35.9 Å². The quantitative estimate of drug-likeness (QED) is 0.603. The molecule has 17 heavy (non-hydrogen) atoms. The first kappa shape index (κ1) is 10.8. The molecule has 0 amide bonds. The second kappa shape index (κ2) is 3.88. The van der Waals surface area contributed by atoms with Crippen LogP contribution in [0.1, 0.15) is 24.4 Å². The van der Waals surface area contributed by atoms with E-state index in [4.69, 9.17) is 0 Å². The number of fused-ring (bicyclic) bond motifs is 1. The highest BCUT2D eigenvalue weighted by atomic mass is 32.2. The van der Waals surface area contributed by atoms with Crippen molar-refractivity contribution in [2.24, 2.45) is 0 Å². The van der Waals surface area contributed by atoms with Crippen LogP contribution < -0.4 is 5.56 Å². The highest BCUT2D eigenvalue weighted by molar-refractivity contribution is 7.98. The molecule has 1 saturated carbocycles. The summed E-state index contributed by atoms with van der Waals surface area (Å²) in [5, 5.41) is 1.62. The van der Waals surface area contributed by atoms with E-state index < -0.39 is 0 Å². The van der Waals surface area contributed by atoms with Gasteiger partial charge >= 0.3 is 0 Å². The number of thioether (sulfide) groups is 1. The Morgan fingerprint density at radius 2 is 2.18 bits per heavy atom. The number of hydrogen-bond acceptors (Lipinski definition) is 3. The van der Waals surface area contributed by atoms with Crippen LogP contribution in [0.4, 0.5) is 0 Å². The number of nitrogens with zero attached hydrogens (tertiary/aromatic N) is 2. The molecule has 0 aliphatic heterocycles. The van der Waals surface area contributed by atoms with Gasteiger partial charge in [-0.1, -0.05) is 23.9 Å². The average Bonchev–Trinajstić information content (AvgIpc) is 3.12. The summed E-state index contributed by atoms with van der Waals surface area (Å²) in [6.45, 7) is 1.97. The molecule has 0 saturated heterocycles. The van der Waals surface area contributed by atoms with Gasteiger partial charge < -0.3 is 0 Å². The molecule has 0 radical (unpaired) electrons. The van der Waals surface area contributed by atoms with Gasteiger partial charge in [0.1, 0.15) is 0 Å². The number of hydrogen-bond donors (Lipinski definition) is 0. The maximum atomic E-state index is 12.5. The van der Waals surface area contributed by atoms with Gasteiger partial charge in [0.05, 0.1) is 10.9 Å². The molecule has 1 aliphatic rings. The molecule has 0 N–H and O–H groups in total. The lowest BCUT2D eigenvalue weighted by atomic mass is 10.1. The first-order valence-electron chi connectivity index (χ1n) is 5.78. The van der Waals surface area contributed by atoms with Crippen LogP contribution in [0.5, 0.6) is 0 Å². The first-order valence-corrected chi connectivity index (χ1v) is 7.00. The third kappa shape index (κ3) is 1.67. The fourth-order valence-electron chi connectivity index (χ4n) is 2.19. The molecule has 0 spiro atoms. The van der Waals surface area contributed by atoms with Gasteiger partial charge in [-0.05, 0) is 37.7 Å². The van der Waals surface area contributed by atoms with Gasteiger partial charge in [-0.3, -0.25) is 9.36 Å². The van der Waals surface area contributed by atoms with E-state index in [-0.39, 0.29) is 5.56 Å². The lowest BCUT2D eigenvalue weighted by Crippen LogP contribution is -2.22. The number of aryl methyl sites for hydroxylation is 1. The molecule has 1 aromatic carbocycles. The highest BCUT2D eigenvalue weighted by Gasteiger charge is 2.28. The second-order valence-corrected chi connectivity index (χ2v) is 5.25. The predicted octanol–water partition coefficient (Wildman–Crippen LogP) is 2.76. The third-order valence-corrected chi connectivity index (χ3v) is 3.85. The second-order valence-electron chi connectivity index (χ2n) is 4.47. The van der Waals surface area contributed by atoms with Gasteiger partial charge in [0.15, 0.2) is 5.16 Å². The van der Waals surface area contributed by atoms with E-state index >= 15 is 0 Å². The summed E-state index contributed by atoms with van der Waals surface area (Å²) in [4.78, 5) is 17.1. The molecule has 1 aliphatic carbocycles. The zero-order valence-electron chi connectivity index (χ0n) is 9.93. The van der Waals surface area contributed by atoms with Gasteiger partial charge in [0, 0.05) is 6.04 Å². The fraction of sp³-hybridized carbons (Fsp3) is 0.385. The van der Waals surface area contributed by atoms with Crippen molar-refractivity contribution in [3.8, 4) is 0 Å². The summed E-state index contributed by atoms with van der Waals surface area (Å²) in [5.41, 5.74) is 1.96. The zero-order valence-corrected chi connectivity index (χ0v) is 10.8. The van der Waals surface area contributed by atoms with Gasteiger partial charge in [0.25, 0.3) is 5.56 Å². The minimum absolute atomic E-state index is 0.125. The fourth-order valence-corrected chi connectivity index (χ4v) is 2.80. The van der Waals surface area contributed by atoms with Crippen molar-refractivity contribution in [2.75, 3.05) is 6.26 Å². The molecule has 1 fully saturated rings. The maximum Gasteiger partial charge on any atom is 0.262 e. The van der Waals surface area contributed by atoms with E-state index in [2.05, 4.69) is 4.98 Å². The monoisotopic (exact) mass is 246 g/mol. The molecule has 0 unspecified atom stereocenters. The zero-order chi connectivity index (χ0) is 12.0. The van der Waals surface area contributed by atoms with Crippen molar-refractivity contribution in [3.05, 3.63) is 34.1 Å². The molecule has 4 heteroatoms. The van der Waals surface area contributed by atoms with Crippen LogP contribution in [0, 0.1) is 6.92 Å². The standard InChI is InChI=1S/C13H14N2OS/c1-8-4-3-5-10-11(8)12(16)15(9-6-7-9)13(14-10)17-2/h3-5,9H,6-7H2,1-2H3. The smallest absolute Gasteiger partial charge is 0.262 e. The first-order chi connectivity index (χ1) is 8.22. The van der Waals surface area contributed by atoms with Crippen LogP contribution in [0.25, 0.3) is 10.9 Å². The molecule has 0 atom stereocenters. The molecule has 0 bridgehead atoms. The highest BCUT2D eigenvalue weighted by Crippen LogP contribution is 2.36. The Morgan fingerprint density at radius 3 is 2.82 bits per heavy atom. The summed E-state index contributed by atoms with van der Waals surface area (Å²) in [6.07, 6.45) is 4.18. The van der Waals surface area contributed by atoms with Gasteiger partial charge in [-0.2, -0.15) is 0 Å². The van der Waals surface area contributed by atoms with E-state index in [1.54, 1.807) is 11.8 Å². The molecular formula is C13H14N2OS. The van der Waals surface area contributed by atoms with Crippen molar-refractivity contribution >= 4 is 22.7 Å². The summed E-state index contributed by atoms with van der Waals surface area (Å²) in [7, 11) is 0. The van der Waals surface area contributed by atoms with Gasteiger partial charge in [-0.15, -0.1) is 0 Å². The van der Waals surface area contributed by atoms with E-state index in [0.717, 1.165) is 34.5 Å². The normalized spacial score (nSPS) is 15.4. The Kier molecular flexibility index (Phi) is 2.47. The van der Waals surface area contributed by atoms with Crippen molar-refractivity contribution in [2.45, 2.75) is 31.0 Å². The molecule has 88 valence electrons. The molecule has 2 aromatic rings. The van der Waals surface area contributed by atoms with Gasteiger partial charge in [-0.25, -0.2) is 4.98 Å². The number of aromatic nitrogens is 2. The third-order valence-electron chi connectivity index (χ3n) is 3.20. The van der Waals surface area contributed by atoms with Crippen molar-refractivity contribution < 1.29 is 0 Å². The van der Waals surface area contributed by atoms with E-state index in [9.17, 15) is 4.79 Å². The predicted molar refractivity (Wildman–Crippen MR) is 70.8 cm³/mol. The lowest BCUT2D eigenvalue weighted by Gasteiger charge is -2.11. The Balaban J connectivity index is 2.42. The Labute approximate surface area is 104 Å². The van der Waals surface area contributed by atoms with Crippen LogP contribution in [0.15, 0.2) is 28.2 Å². The van der Waals surface area contributed by atoms with Gasteiger partial charge in [0.2, 0.25) is 0 Å². The van der Waals surface area contributed by atoms with Crippen LogP contribution in [0.2, 0.25) is 0 Å². The Morgan fingerprint density at radius 1 is 1.41 bits per heavy atom. The largest absolute Gasteiger partial charge is 0.284 e. The SMILES string of the molecule is CSc1nc2cccc(C)c2c(=O)n1C1CC1. The summed E-state index contributed by atoms with van der Waals surface area (Å²) in [5.74, 6) is 0. The minimum Gasteiger partial charge on any atom is -0.284 e. The Bertz CT molecular complexity index is 644. The summed E-state index contributed by atoms with van der Waals surface area (Å²) >= 11 is 1.55. The number of benzene rings is 1. The topological polar surface area (TPSA) is 34.9 Å². The van der Waals surface area contributed by atoms with Crippen LogP contribution in [-0.4, -0.2) is 15.8 Å². The van der Waals surface area contributed by atoms with E-state index in [1.165, 1.54) is 0 Å². The molecule has 1 heterocycles. The minimum atomic E-state index is 0.125. The Hall–Kier alpha value is -1.29. The molecule has 1 aromatic heterocycles. The summed E-state index contributed by atoms with van der Waals surface area (Å²) in [6, 6.07) is 6.22.